The van der Waals surface area contributed by atoms with Gasteiger partial charge >= 0.3 is 0 Å². The van der Waals surface area contributed by atoms with Crippen molar-refractivity contribution in [2.75, 3.05) is 0 Å². The highest BCUT2D eigenvalue weighted by Crippen LogP contribution is 2.15. The number of aryl methyl sites for hydroxylation is 1. The van der Waals surface area contributed by atoms with Gasteiger partial charge in [0.15, 0.2) is 0 Å². The summed E-state index contributed by atoms with van der Waals surface area (Å²) >= 11 is 3.29. The largest absolute Gasteiger partial charge is 0.360 e. The van der Waals surface area contributed by atoms with Gasteiger partial charge in [-0.1, -0.05) is 0 Å². The lowest BCUT2D eigenvalue weighted by Crippen LogP contribution is -2.03. The molecule has 0 atom stereocenters. The van der Waals surface area contributed by atoms with Crippen LogP contribution in [0.25, 0.3) is 11.0 Å². The summed E-state index contributed by atoms with van der Waals surface area (Å²) in [6.07, 6.45) is 1.62. The lowest BCUT2D eigenvalue weighted by Gasteiger charge is -1.99. The Kier molecular flexibility index (Phi) is 1.92. The number of fused-ring (bicyclic) bond motifs is 1. The minimum atomic E-state index is -0.0607. The molecule has 2 aromatic rings. The Balaban J connectivity index is 2.97. The fraction of sp³-hybridized carbons (Fsp3) is 0.111. The van der Waals surface area contributed by atoms with Crippen LogP contribution in [0.3, 0.4) is 0 Å². The smallest absolute Gasteiger partial charge is 0.207 e. The second kappa shape index (κ2) is 2.96. The number of H-pyrrole nitrogens is 1. The lowest BCUT2D eigenvalue weighted by molar-refractivity contribution is 1.23. The summed E-state index contributed by atoms with van der Waals surface area (Å²) in [6, 6.07) is 3.37. The summed E-state index contributed by atoms with van der Waals surface area (Å²) in [6.45, 7) is 1.93. The van der Waals surface area contributed by atoms with Gasteiger partial charge in [0.25, 0.3) is 0 Å². The summed E-state index contributed by atoms with van der Waals surface area (Å²) in [4.78, 5) is 18.5. The predicted molar refractivity (Wildman–Crippen MR) is 54.8 cm³/mol. The normalized spacial score (nSPS) is 10.6. The first-order chi connectivity index (χ1) is 6.18. The molecule has 0 amide bonds. The maximum absolute atomic E-state index is 11.3. The van der Waals surface area contributed by atoms with E-state index in [1.807, 2.05) is 13.0 Å². The first-order valence-corrected chi connectivity index (χ1v) is 4.62. The molecule has 2 rings (SSSR count). The second-order valence-electron chi connectivity index (χ2n) is 2.83. The van der Waals surface area contributed by atoms with Gasteiger partial charge in [0, 0.05) is 12.3 Å². The molecule has 0 fully saturated rings. The van der Waals surface area contributed by atoms with Gasteiger partial charge < -0.3 is 4.98 Å². The molecule has 0 radical (unpaired) electrons. The minimum absolute atomic E-state index is 0.0607. The van der Waals surface area contributed by atoms with Gasteiger partial charge in [0.1, 0.15) is 10.1 Å². The van der Waals surface area contributed by atoms with Crippen molar-refractivity contribution in [1.82, 2.24) is 9.97 Å². The van der Waals surface area contributed by atoms with Crippen LogP contribution in [0.4, 0.5) is 0 Å². The van der Waals surface area contributed by atoms with E-state index in [1.54, 1.807) is 6.20 Å². The average Bonchev–Trinajstić information content (AvgIpc) is 2.09. The zero-order valence-corrected chi connectivity index (χ0v) is 8.55. The average molecular weight is 239 g/mol. The topological polar surface area (TPSA) is 45.8 Å². The first-order valence-electron chi connectivity index (χ1n) is 3.83. The Morgan fingerprint density at radius 1 is 1.54 bits per heavy atom. The third kappa shape index (κ3) is 1.37. The zero-order valence-electron chi connectivity index (χ0n) is 6.97. The number of rotatable bonds is 0. The number of hydrogen-bond donors (Lipinski definition) is 1. The molecule has 1 N–H and O–H groups in total. The van der Waals surface area contributed by atoms with E-state index in [4.69, 9.17) is 0 Å². The van der Waals surface area contributed by atoms with Crippen LogP contribution in [0.15, 0.2) is 27.7 Å². The molecule has 0 bridgehead atoms. The van der Waals surface area contributed by atoms with Crippen LogP contribution in [-0.4, -0.2) is 9.97 Å². The third-order valence-electron chi connectivity index (χ3n) is 1.86. The van der Waals surface area contributed by atoms with Crippen molar-refractivity contribution in [1.29, 1.82) is 0 Å². The van der Waals surface area contributed by atoms with Gasteiger partial charge in [-0.05, 0) is 34.5 Å². The minimum Gasteiger partial charge on any atom is -0.360 e. The summed E-state index contributed by atoms with van der Waals surface area (Å²) < 4.78 is 0.719. The third-order valence-corrected chi connectivity index (χ3v) is 2.66. The van der Waals surface area contributed by atoms with Gasteiger partial charge in [0.05, 0.1) is 5.52 Å². The Morgan fingerprint density at radius 2 is 2.31 bits per heavy atom. The van der Waals surface area contributed by atoms with Crippen molar-refractivity contribution >= 4 is 27.0 Å². The number of pyridine rings is 2. The molecule has 4 heteroatoms. The molecule has 66 valence electrons. The van der Waals surface area contributed by atoms with E-state index in [2.05, 4.69) is 25.9 Å². The lowest BCUT2D eigenvalue weighted by atomic mass is 10.2. The van der Waals surface area contributed by atoms with Crippen LogP contribution in [0, 0.1) is 6.92 Å². The van der Waals surface area contributed by atoms with Crippen molar-refractivity contribution in [3.8, 4) is 0 Å². The maximum Gasteiger partial charge on any atom is 0.207 e. The molecule has 0 spiro atoms. The standard InChI is InChI=1S/C9H7BrN2O/c1-5-4-6-8(12-9(5)10)7(13)2-3-11-6/h2-4H,1H3,(H,11,13). The van der Waals surface area contributed by atoms with E-state index < -0.39 is 0 Å². The predicted octanol–water partition coefficient (Wildman–Crippen LogP) is 1.99. The van der Waals surface area contributed by atoms with Gasteiger partial charge in [-0.3, -0.25) is 4.79 Å². The molecule has 0 aliphatic heterocycles. The Hall–Kier alpha value is -1.16. The van der Waals surface area contributed by atoms with Crippen molar-refractivity contribution in [3.63, 3.8) is 0 Å². The Morgan fingerprint density at radius 3 is 3.08 bits per heavy atom. The molecular formula is C9H7BrN2O. The van der Waals surface area contributed by atoms with Gasteiger partial charge in [0.2, 0.25) is 5.43 Å². The molecule has 0 saturated heterocycles. The maximum atomic E-state index is 11.3. The van der Waals surface area contributed by atoms with Gasteiger partial charge in [-0.15, -0.1) is 0 Å². The SMILES string of the molecule is Cc1cc2[nH]ccc(=O)c2nc1Br. The van der Waals surface area contributed by atoms with E-state index in [0.717, 1.165) is 15.7 Å². The molecular weight excluding hydrogens is 232 g/mol. The highest BCUT2D eigenvalue weighted by molar-refractivity contribution is 9.10. The molecule has 2 aromatic heterocycles. The number of nitrogens with zero attached hydrogens (tertiary/aromatic N) is 1. The molecule has 13 heavy (non-hydrogen) atoms. The van der Waals surface area contributed by atoms with E-state index in [9.17, 15) is 4.79 Å². The Bertz CT molecular complexity index is 518. The molecule has 2 heterocycles. The molecule has 0 saturated carbocycles. The molecule has 3 nitrogen and oxygen atoms in total. The summed E-state index contributed by atoms with van der Waals surface area (Å²) in [5.41, 5.74) is 2.19. The summed E-state index contributed by atoms with van der Waals surface area (Å²) in [7, 11) is 0. The van der Waals surface area contributed by atoms with Gasteiger partial charge in [-0.2, -0.15) is 0 Å². The number of aromatic amines is 1. The van der Waals surface area contributed by atoms with Crippen LogP contribution in [0.1, 0.15) is 5.56 Å². The van der Waals surface area contributed by atoms with Crippen molar-refractivity contribution in [3.05, 3.63) is 38.7 Å². The van der Waals surface area contributed by atoms with E-state index in [-0.39, 0.29) is 5.43 Å². The zero-order chi connectivity index (χ0) is 9.42. The highest BCUT2D eigenvalue weighted by atomic mass is 79.9. The van der Waals surface area contributed by atoms with Gasteiger partial charge in [-0.25, -0.2) is 4.98 Å². The molecule has 0 aliphatic rings. The highest BCUT2D eigenvalue weighted by Gasteiger charge is 2.02. The van der Waals surface area contributed by atoms with E-state index in [0.29, 0.717) is 5.52 Å². The van der Waals surface area contributed by atoms with Crippen LogP contribution >= 0.6 is 15.9 Å². The van der Waals surface area contributed by atoms with Crippen molar-refractivity contribution in [2.24, 2.45) is 0 Å². The van der Waals surface area contributed by atoms with E-state index >= 15 is 0 Å². The monoisotopic (exact) mass is 238 g/mol. The molecule has 0 unspecified atom stereocenters. The first kappa shape index (κ1) is 8.44. The second-order valence-corrected chi connectivity index (χ2v) is 3.59. The summed E-state index contributed by atoms with van der Waals surface area (Å²) in [5, 5.41) is 0. The number of hydrogen-bond acceptors (Lipinski definition) is 2. The van der Waals surface area contributed by atoms with Crippen molar-refractivity contribution in [2.45, 2.75) is 6.92 Å². The molecule has 0 aromatic carbocycles. The number of aromatic nitrogens is 2. The van der Waals surface area contributed by atoms with Crippen molar-refractivity contribution < 1.29 is 0 Å². The van der Waals surface area contributed by atoms with E-state index in [1.165, 1.54) is 6.07 Å². The summed E-state index contributed by atoms with van der Waals surface area (Å²) in [5.74, 6) is 0. The fourth-order valence-electron chi connectivity index (χ4n) is 1.17. The quantitative estimate of drug-likeness (QED) is 0.714. The Labute approximate surface area is 82.9 Å². The number of nitrogens with one attached hydrogen (secondary N) is 1. The molecule has 0 aliphatic carbocycles. The number of halogens is 1. The van der Waals surface area contributed by atoms with Crippen LogP contribution in [0.2, 0.25) is 0 Å². The van der Waals surface area contributed by atoms with Crippen LogP contribution in [0.5, 0.6) is 0 Å². The fourth-order valence-corrected chi connectivity index (χ4v) is 1.47. The van der Waals surface area contributed by atoms with Crippen LogP contribution in [-0.2, 0) is 0 Å². The van der Waals surface area contributed by atoms with Crippen LogP contribution < -0.4 is 5.43 Å².